The zero-order valence-corrected chi connectivity index (χ0v) is 60.8. The van der Waals surface area contributed by atoms with Crippen molar-refractivity contribution in [3.8, 4) is 0 Å². The van der Waals surface area contributed by atoms with Crippen molar-refractivity contribution in [2.24, 2.45) is 116 Å². The number of ether oxygens (including phenoxy) is 4. The fourth-order valence-electron chi connectivity index (χ4n) is 23.7. The maximum atomic E-state index is 12.3. The summed E-state index contributed by atoms with van der Waals surface area (Å²) in [5.74, 6) is 0.942. The molecule has 0 spiro atoms. The third-order valence-electron chi connectivity index (χ3n) is 28.6. The second-order valence-corrected chi connectivity index (χ2v) is 43.0. The quantitative estimate of drug-likeness (QED) is 0.200. The van der Waals surface area contributed by atoms with Gasteiger partial charge in [0.2, 0.25) is 0 Å². The second-order valence-electron chi connectivity index (χ2n) is 32.2. The first-order valence-electron chi connectivity index (χ1n) is 33.6. The zero-order chi connectivity index (χ0) is 70.3. The molecule has 32 unspecified atom stereocenters. The van der Waals surface area contributed by atoms with Crippen molar-refractivity contribution in [2.75, 3.05) is 40.6 Å². The molecule has 12 saturated carbocycles. The molecule has 18 fully saturated rings. The molecule has 0 aromatic carbocycles. The number of carbonyl (C=O) groups excluding carboxylic acids is 4. The number of carbonyl (C=O) groups is 4. The summed E-state index contributed by atoms with van der Waals surface area (Å²) in [6, 6.07) is 0. The lowest BCUT2D eigenvalue weighted by Crippen LogP contribution is -2.48. The normalized spacial score (nSPS) is 53.6. The van der Waals surface area contributed by atoms with Gasteiger partial charge >= 0.3 is 23.9 Å². The molecule has 12 aliphatic carbocycles. The molecular formula is C62H92O28S6. The highest BCUT2D eigenvalue weighted by Crippen LogP contribution is 2.73. The Hall–Kier alpha value is -2.74. The molecule has 6 heterocycles. The Kier molecular flexibility index (Phi) is 17.1. The lowest BCUT2D eigenvalue weighted by atomic mass is 9.73. The number of hydrogen-bond donors (Lipinski definition) is 2. The summed E-state index contributed by atoms with van der Waals surface area (Å²) in [7, 11) is -18.6. The lowest BCUT2D eigenvalue weighted by molar-refractivity contribution is -0.148. The van der Waals surface area contributed by atoms with Gasteiger partial charge in [0.1, 0.15) is 16.6 Å². The van der Waals surface area contributed by atoms with Crippen molar-refractivity contribution in [1.29, 1.82) is 0 Å². The minimum atomic E-state index is -3.81. The molecule has 0 radical (unpaired) electrons. The molecule has 18 rings (SSSR count). The molecule has 544 valence electrons. The van der Waals surface area contributed by atoms with Gasteiger partial charge in [0.25, 0.3) is 60.7 Å². The van der Waals surface area contributed by atoms with Crippen molar-refractivity contribution in [2.45, 2.75) is 201 Å². The van der Waals surface area contributed by atoms with E-state index < -0.39 is 138 Å². The molecule has 18 aliphatic rings. The Morgan fingerprint density at radius 1 is 0.469 bits per heavy atom. The predicted octanol–water partition coefficient (Wildman–Crippen LogP) is 2.73. The predicted molar refractivity (Wildman–Crippen MR) is 332 cm³/mol. The second kappa shape index (κ2) is 22.9. The zero-order valence-electron chi connectivity index (χ0n) is 55.9. The fourth-order valence-corrected chi connectivity index (χ4v) is 36.3. The highest BCUT2D eigenvalue weighted by molar-refractivity contribution is 7.89. The SMILES string of the molecule is CC(=O)OCC12CC3C(COC(C)=O)(C1)C(OS3(=O)=O)C2C.CC1C2CC3C1OS(=O)(=O)C3(C)C2.CC1C2CC3C1OS(=O)(=O)C3C2C.CC1C2OS(=O)(=O)C3CC1(CO)CC23CO.COC(=O)C12CC3CC1C(OS2(=O)=O)C3C.COC(=O)C1C2CC3C(OS(=O)(=O)C31)C2C. The Morgan fingerprint density at radius 2 is 0.948 bits per heavy atom. The van der Waals surface area contributed by atoms with Crippen LogP contribution in [0.1, 0.15) is 133 Å². The highest BCUT2D eigenvalue weighted by atomic mass is 32.2. The van der Waals surface area contributed by atoms with Gasteiger partial charge in [-0.15, -0.1) is 0 Å². The first-order valence-corrected chi connectivity index (χ1v) is 42.3. The molecule has 0 aromatic heterocycles. The first-order chi connectivity index (χ1) is 44.4. The summed E-state index contributed by atoms with van der Waals surface area (Å²) in [4.78, 5) is 45.8. The Labute approximate surface area is 562 Å². The molecule has 34 heteroatoms. The number of fused-ring (bicyclic) bond motifs is 6. The van der Waals surface area contributed by atoms with E-state index in [1.165, 1.54) is 28.1 Å². The minimum Gasteiger partial charge on any atom is -0.469 e. The van der Waals surface area contributed by atoms with Crippen LogP contribution < -0.4 is 0 Å². The number of hydrogen-bond acceptors (Lipinski definition) is 28. The van der Waals surface area contributed by atoms with Crippen LogP contribution in [0.25, 0.3) is 0 Å². The molecule has 0 amide bonds. The van der Waals surface area contributed by atoms with Gasteiger partial charge in [-0.1, -0.05) is 48.5 Å². The van der Waals surface area contributed by atoms with Crippen molar-refractivity contribution in [3.63, 3.8) is 0 Å². The summed E-state index contributed by atoms with van der Waals surface area (Å²) in [6.07, 6.45) is 5.23. The van der Waals surface area contributed by atoms with E-state index in [4.69, 9.17) is 39.3 Å². The molecular weight excluding hydrogens is 1390 g/mol. The molecule has 96 heavy (non-hydrogen) atoms. The standard InChI is InChI=1S/C14H20O7S.C10H16O5S.2C10H14O5S.2C9H14O3S/c1-8-12-14(7-20-10(3)16)5-13(8,6-19-9(2)15)4-11(14)22(17,18)21-12;1-6-8-10(5-12)3-9(6,4-11)2-7(10)16(13,14)15-8;1-5-6-3-7-8(5)15-16(12,13)10(7,4-6)9(11)14-2;1-4-5-3-6-8(4)15-16(12,13)9(6)7(5)10(11)14-2;1-5-6-3-7-8(5)12-13(10,11)9(7,2)4-6;1-4-6-3-7-8(4)12-13(10,11)9(7)5(6)2/h8,11-12H,4-7H2,1-3H3;6-8,11-12H,2-5H2,1H3;5-8H,3-4H2,1-2H3;4-9H,3H2,1-2H3;5-8H,3-4H2,1-2H3;4-9H,3H2,1-2H3. The third kappa shape index (κ3) is 9.67. The van der Waals surface area contributed by atoms with Gasteiger partial charge in [-0.25, -0.2) is 0 Å². The Morgan fingerprint density at radius 3 is 1.47 bits per heavy atom. The number of esters is 4. The maximum Gasteiger partial charge on any atom is 0.330 e. The van der Waals surface area contributed by atoms with Crippen LogP contribution in [0, 0.1) is 116 Å². The first kappa shape index (κ1) is 71.6. The fraction of sp³-hybridized carbons (Fsp3) is 0.935. The lowest BCUT2D eigenvalue weighted by Gasteiger charge is -2.35. The summed E-state index contributed by atoms with van der Waals surface area (Å²) >= 11 is 0. The van der Waals surface area contributed by atoms with Crippen LogP contribution in [0.3, 0.4) is 0 Å². The Balaban J connectivity index is 0.000000105. The molecule has 12 bridgehead atoms. The van der Waals surface area contributed by atoms with Gasteiger partial charge in [-0.05, 0) is 136 Å². The van der Waals surface area contributed by atoms with Gasteiger partial charge in [0.15, 0.2) is 4.75 Å². The van der Waals surface area contributed by atoms with E-state index in [2.05, 4.69) is 25.5 Å². The molecule has 6 aliphatic heterocycles. The van der Waals surface area contributed by atoms with Crippen molar-refractivity contribution < 1.29 is 124 Å². The van der Waals surface area contributed by atoms with Gasteiger partial charge in [0.05, 0.1) is 91.1 Å². The Bertz CT molecular complexity index is 3960. The van der Waals surface area contributed by atoms with Crippen LogP contribution >= 0.6 is 0 Å². The summed E-state index contributed by atoms with van der Waals surface area (Å²) in [6.45, 7) is 18.6. The van der Waals surface area contributed by atoms with E-state index in [0.29, 0.717) is 67.6 Å². The van der Waals surface area contributed by atoms with Gasteiger partial charge < -0.3 is 29.2 Å². The van der Waals surface area contributed by atoms with E-state index in [-0.39, 0.29) is 121 Å². The topological polar surface area (TPSA) is 406 Å². The number of methoxy groups -OCH3 is 2. The van der Waals surface area contributed by atoms with Crippen LogP contribution in [-0.4, -0.2) is 192 Å². The minimum absolute atomic E-state index is 0.00546. The van der Waals surface area contributed by atoms with Gasteiger partial charge in [-0.3, -0.25) is 44.3 Å². The highest BCUT2D eigenvalue weighted by Gasteiger charge is 2.80. The maximum absolute atomic E-state index is 12.3. The monoisotopic (exact) mass is 1480 g/mol. The largest absolute Gasteiger partial charge is 0.469 e. The summed E-state index contributed by atoms with van der Waals surface area (Å²) in [5.41, 5.74) is -2.18. The van der Waals surface area contributed by atoms with Crippen molar-refractivity contribution in [1.82, 2.24) is 0 Å². The van der Waals surface area contributed by atoms with Crippen LogP contribution in [0.5, 0.6) is 0 Å². The van der Waals surface area contributed by atoms with E-state index >= 15 is 0 Å². The van der Waals surface area contributed by atoms with E-state index in [1.807, 2.05) is 34.6 Å². The van der Waals surface area contributed by atoms with Crippen LogP contribution in [0.15, 0.2) is 0 Å². The average molecular weight is 1480 g/mol. The molecule has 28 nitrogen and oxygen atoms in total. The smallest absolute Gasteiger partial charge is 0.330 e. The van der Waals surface area contributed by atoms with E-state index in [9.17, 15) is 79.9 Å². The summed E-state index contributed by atoms with van der Waals surface area (Å²) < 4.78 is 192. The van der Waals surface area contributed by atoms with Crippen LogP contribution in [0.4, 0.5) is 0 Å². The summed E-state index contributed by atoms with van der Waals surface area (Å²) in [5, 5.41) is 16.9. The third-order valence-corrected chi connectivity index (χ3v) is 40.0. The van der Waals surface area contributed by atoms with Crippen LogP contribution in [-0.2, 0) is 124 Å². The number of aliphatic hydroxyl groups is 2. The van der Waals surface area contributed by atoms with Gasteiger partial charge in [0, 0.05) is 60.4 Å². The average Bonchev–Trinajstić information content (AvgIpc) is 1.51. The van der Waals surface area contributed by atoms with Crippen molar-refractivity contribution >= 4 is 84.6 Å². The van der Waals surface area contributed by atoms with E-state index in [1.54, 1.807) is 0 Å². The molecule has 6 saturated heterocycles. The number of aliphatic hydroxyl groups excluding tert-OH is 2. The van der Waals surface area contributed by atoms with Crippen LogP contribution in [0.2, 0.25) is 0 Å². The van der Waals surface area contributed by atoms with E-state index in [0.717, 1.165) is 32.1 Å². The van der Waals surface area contributed by atoms with Crippen molar-refractivity contribution in [3.05, 3.63) is 0 Å². The molecule has 0 aromatic rings. The van der Waals surface area contributed by atoms with Gasteiger partial charge in [-0.2, -0.15) is 50.5 Å². The molecule has 32 atom stereocenters. The molecule has 2 N–H and O–H groups in total. The number of rotatable bonds is 8.